The van der Waals surface area contributed by atoms with Crippen molar-refractivity contribution in [1.29, 1.82) is 0 Å². The second-order valence-electron chi connectivity index (χ2n) is 3.53. The smallest absolute Gasteiger partial charge is 0.384 e. The van der Waals surface area contributed by atoms with E-state index in [1.165, 1.54) is 0 Å². The Kier molecular flexibility index (Phi) is 14.8. The first kappa shape index (κ1) is 16.9. The lowest BCUT2D eigenvalue weighted by molar-refractivity contribution is 0.105. The van der Waals surface area contributed by atoms with Gasteiger partial charge in [0, 0.05) is 23.9 Å². The lowest BCUT2D eigenvalue weighted by Crippen LogP contribution is -2.22. The number of alkyl halides is 2. The monoisotopic (exact) mass is 357 g/mol. The van der Waals surface area contributed by atoms with Crippen LogP contribution in [0.3, 0.4) is 0 Å². The summed E-state index contributed by atoms with van der Waals surface area (Å²) >= 11 is 6.71. The van der Waals surface area contributed by atoms with Gasteiger partial charge in [0.1, 0.15) is 0 Å². The molecule has 0 saturated heterocycles. The SMILES string of the molecule is [O]B(OCCCCCBr)OCCCCCBr. The van der Waals surface area contributed by atoms with Crippen molar-refractivity contribution in [2.24, 2.45) is 0 Å². The molecular formula is C10H20BBr2O3. The van der Waals surface area contributed by atoms with Gasteiger partial charge in [-0.25, -0.2) is 5.02 Å². The molecule has 0 unspecified atom stereocenters. The molecule has 0 aliphatic heterocycles. The zero-order chi connectivity index (χ0) is 12.1. The maximum absolute atomic E-state index is 11.1. The fourth-order valence-corrected chi connectivity index (χ4v) is 1.95. The Bertz CT molecular complexity index is 127. The third kappa shape index (κ3) is 13.0. The molecule has 0 fully saturated rings. The van der Waals surface area contributed by atoms with Crippen LogP contribution < -0.4 is 0 Å². The first-order valence-electron chi connectivity index (χ1n) is 5.82. The molecule has 0 aliphatic carbocycles. The number of unbranched alkanes of at least 4 members (excludes halogenated alkanes) is 4. The highest BCUT2D eigenvalue weighted by molar-refractivity contribution is 9.09. The van der Waals surface area contributed by atoms with Crippen LogP contribution >= 0.6 is 31.9 Å². The zero-order valence-corrected chi connectivity index (χ0v) is 12.8. The van der Waals surface area contributed by atoms with E-state index < -0.39 is 7.32 Å². The number of rotatable bonds is 12. The van der Waals surface area contributed by atoms with Crippen LogP contribution in [0.5, 0.6) is 0 Å². The van der Waals surface area contributed by atoms with Crippen molar-refractivity contribution in [2.75, 3.05) is 23.9 Å². The molecule has 0 atom stereocenters. The molecular weight excluding hydrogens is 339 g/mol. The predicted molar refractivity (Wildman–Crippen MR) is 73.6 cm³/mol. The summed E-state index contributed by atoms with van der Waals surface area (Å²) in [4.78, 5) is 0. The Hall–Kier alpha value is 0.905. The zero-order valence-electron chi connectivity index (χ0n) is 9.63. The first-order valence-corrected chi connectivity index (χ1v) is 8.06. The molecule has 0 aromatic carbocycles. The molecule has 0 N–H and O–H groups in total. The van der Waals surface area contributed by atoms with E-state index in [0.717, 1.165) is 49.2 Å². The van der Waals surface area contributed by atoms with Gasteiger partial charge in [-0.3, -0.25) is 0 Å². The lowest BCUT2D eigenvalue weighted by Gasteiger charge is -2.06. The summed E-state index contributed by atoms with van der Waals surface area (Å²) in [7, 11) is -1.30. The van der Waals surface area contributed by atoms with Gasteiger partial charge in [-0.15, -0.1) is 0 Å². The summed E-state index contributed by atoms with van der Waals surface area (Å²) in [6, 6.07) is 0. The molecule has 1 radical (unpaired) electrons. The van der Waals surface area contributed by atoms with Gasteiger partial charge in [-0.2, -0.15) is 0 Å². The molecule has 0 aliphatic rings. The summed E-state index contributed by atoms with van der Waals surface area (Å²) in [5, 5.41) is 13.2. The maximum Gasteiger partial charge on any atom is 0.666 e. The number of hydrogen-bond donors (Lipinski definition) is 0. The Balaban J connectivity index is 3.09. The third-order valence-corrected chi connectivity index (χ3v) is 3.19. The van der Waals surface area contributed by atoms with Gasteiger partial charge in [0.05, 0.1) is 0 Å². The Morgan fingerprint density at radius 2 is 1.19 bits per heavy atom. The van der Waals surface area contributed by atoms with Gasteiger partial charge in [-0.05, 0) is 25.7 Å². The third-order valence-electron chi connectivity index (χ3n) is 2.06. The van der Waals surface area contributed by atoms with Crippen molar-refractivity contribution in [3.05, 3.63) is 0 Å². The van der Waals surface area contributed by atoms with Gasteiger partial charge >= 0.3 is 7.32 Å². The second-order valence-corrected chi connectivity index (χ2v) is 5.12. The second kappa shape index (κ2) is 14.0. The van der Waals surface area contributed by atoms with Gasteiger partial charge in [0.15, 0.2) is 0 Å². The summed E-state index contributed by atoms with van der Waals surface area (Å²) in [5.74, 6) is 0. The van der Waals surface area contributed by atoms with Crippen molar-refractivity contribution in [1.82, 2.24) is 0 Å². The average molecular weight is 359 g/mol. The Morgan fingerprint density at radius 1 is 0.750 bits per heavy atom. The van der Waals surface area contributed by atoms with E-state index in [1.54, 1.807) is 0 Å². The molecule has 0 saturated carbocycles. The molecule has 16 heavy (non-hydrogen) atoms. The quantitative estimate of drug-likeness (QED) is 0.304. The molecule has 0 aromatic heterocycles. The highest BCUT2D eigenvalue weighted by atomic mass is 79.9. The standard InChI is InChI=1S/C10H20BBr2O3/c12-7-3-1-5-9-15-11(14)16-10-6-2-4-8-13/h1-10H2. The lowest BCUT2D eigenvalue weighted by atomic mass is 10.2. The molecule has 95 valence electrons. The summed E-state index contributed by atoms with van der Waals surface area (Å²) < 4.78 is 9.99. The Morgan fingerprint density at radius 3 is 1.56 bits per heavy atom. The average Bonchev–Trinajstić information content (AvgIpc) is 2.28. The first-order chi connectivity index (χ1) is 7.81. The molecule has 0 rings (SSSR count). The molecule has 3 nitrogen and oxygen atoms in total. The van der Waals surface area contributed by atoms with Crippen LogP contribution in [-0.2, 0) is 14.3 Å². The van der Waals surface area contributed by atoms with Gasteiger partial charge in [-0.1, -0.05) is 44.7 Å². The fourth-order valence-electron chi connectivity index (χ4n) is 1.15. The van der Waals surface area contributed by atoms with Crippen LogP contribution in [0.15, 0.2) is 0 Å². The van der Waals surface area contributed by atoms with E-state index in [1.807, 2.05) is 0 Å². The minimum Gasteiger partial charge on any atom is -0.384 e. The van der Waals surface area contributed by atoms with Crippen LogP contribution in [0.2, 0.25) is 0 Å². The van der Waals surface area contributed by atoms with E-state index in [-0.39, 0.29) is 0 Å². The van der Waals surface area contributed by atoms with Crippen molar-refractivity contribution in [3.63, 3.8) is 0 Å². The van der Waals surface area contributed by atoms with Crippen molar-refractivity contribution < 1.29 is 14.3 Å². The van der Waals surface area contributed by atoms with Crippen LogP contribution in [0, 0.1) is 0 Å². The van der Waals surface area contributed by atoms with E-state index in [0.29, 0.717) is 13.2 Å². The highest BCUT2D eigenvalue weighted by Crippen LogP contribution is 2.01. The van der Waals surface area contributed by atoms with E-state index in [9.17, 15) is 5.02 Å². The van der Waals surface area contributed by atoms with Crippen molar-refractivity contribution in [3.8, 4) is 0 Å². The topological polar surface area (TPSA) is 38.4 Å². The maximum atomic E-state index is 11.1. The van der Waals surface area contributed by atoms with Gasteiger partial charge < -0.3 is 9.31 Å². The number of halogens is 2. The molecule has 0 spiro atoms. The summed E-state index contributed by atoms with van der Waals surface area (Å²) in [6.45, 7) is 1.01. The number of hydrogen-bond acceptors (Lipinski definition) is 2. The van der Waals surface area contributed by atoms with E-state index in [4.69, 9.17) is 9.31 Å². The molecule has 0 aromatic rings. The highest BCUT2D eigenvalue weighted by Gasteiger charge is 2.16. The largest absolute Gasteiger partial charge is 0.666 e. The molecule has 0 amide bonds. The summed E-state index contributed by atoms with van der Waals surface area (Å²) in [5.41, 5.74) is 0. The van der Waals surface area contributed by atoms with Gasteiger partial charge in [0.25, 0.3) is 0 Å². The Labute approximate surface area is 116 Å². The van der Waals surface area contributed by atoms with E-state index in [2.05, 4.69) is 31.9 Å². The molecule has 0 bridgehead atoms. The summed E-state index contributed by atoms with van der Waals surface area (Å²) in [6.07, 6.45) is 6.28. The van der Waals surface area contributed by atoms with E-state index >= 15 is 0 Å². The van der Waals surface area contributed by atoms with Crippen LogP contribution in [0.1, 0.15) is 38.5 Å². The van der Waals surface area contributed by atoms with Crippen LogP contribution in [0.4, 0.5) is 0 Å². The fraction of sp³-hybridized carbons (Fsp3) is 1.00. The minimum atomic E-state index is -1.30. The molecule has 0 heterocycles. The predicted octanol–water partition coefficient (Wildman–Crippen LogP) is 3.57. The van der Waals surface area contributed by atoms with Crippen LogP contribution in [0.25, 0.3) is 0 Å². The minimum absolute atomic E-state index is 0.503. The van der Waals surface area contributed by atoms with Gasteiger partial charge in [0.2, 0.25) is 0 Å². The normalized spacial score (nSPS) is 10.7. The molecule has 6 heteroatoms. The van der Waals surface area contributed by atoms with Crippen molar-refractivity contribution >= 4 is 39.2 Å². The van der Waals surface area contributed by atoms with Crippen LogP contribution in [-0.4, -0.2) is 31.2 Å². The van der Waals surface area contributed by atoms with Crippen molar-refractivity contribution in [2.45, 2.75) is 38.5 Å².